The molecule has 9 aromatic carbocycles. The van der Waals surface area contributed by atoms with Crippen LogP contribution in [0.5, 0.6) is 0 Å². The number of hydrogen-bond acceptors (Lipinski definition) is 2. The molecule has 0 fully saturated rings. The predicted molar refractivity (Wildman–Crippen MR) is 220 cm³/mol. The highest BCUT2D eigenvalue weighted by atomic mass is 16.3. The van der Waals surface area contributed by atoms with Crippen molar-refractivity contribution in [2.24, 2.45) is 0 Å². The average molecular weight is 671 g/mol. The second-order valence-electron chi connectivity index (χ2n) is 12.8. The number of fused-ring (bicyclic) bond motifs is 5. The Morgan fingerprint density at radius 2 is 1.02 bits per heavy atom. The second-order valence-corrected chi connectivity index (χ2v) is 12.8. The van der Waals surface area contributed by atoms with Crippen molar-refractivity contribution in [2.45, 2.75) is 0 Å². The van der Waals surface area contributed by atoms with Gasteiger partial charge in [0, 0.05) is 27.8 Å². The normalized spacial score (nSPS) is 13.3. The van der Waals surface area contributed by atoms with Gasteiger partial charge in [-0.3, -0.25) is 0 Å². The summed E-state index contributed by atoms with van der Waals surface area (Å²) in [6.07, 6.45) is 0. The van der Waals surface area contributed by atoms with Gasteiger partial charge in [-0.2, -0.15) is 0 Å². The first-order chi connectivity index (χ1) is 28.7. The minimum absolute atomic E-state index is 0.0606. The molecule has 2 nitrogen and oxygen atoms in total. The predicted octanol–water partition coefficient (Wildman–Crippen LogP) is 14.4. The summed E-state index contributed by atoms with van der Waals surface area (Å²) in [6, 6.07) is 50.4. The molecule has 10 aromatic rings. The summed E-state index contributed by atoms with van der Waals surface area (Å²) in [7, 11) is 0. The van der Waals surface area contributed by atoms with Crippen molar-refractivity contribution in [3.63, 3.8) is 0 Å². The molecule has 0 aliphatic rings. The van der Waals surface area contributed by atoms with Gasteiger partial charge in [0.05, 0.1) is 9.60 Å². The molecule has 0 saturated carbocycles. The molecule has 0 radical (unpaired) electrons. The van der Waals surface area contributed by atoms with Gasteiger partial charge in [0.1, 0.15) is 11.2 Å². The first kappa shape index (κ1) is 23.5. The maximum absolute atomic E-state index is 8.92. The van der Waals surface area contributed by atoms with Crippen LogP contribution in [0.2, 0.25) is 0 Å². The van der Waals surface area contributed by atoms with E-state index in [0.717, 1.165) is 72.0 Å². The first-order valence-electron chi connectivity index (χ1n) is 20.7. The van der Waals surface area contributed by atoms with Crippen LogP contribution in [0.25, 0.3) is 76.9 Å². The molecule has 0 aliphatic carbocycles. The Labute approximate surface area is 312 Å². The van der Waals surface area contributed by atoms with E-state index >= 15 is 0 Å². The van der Waals surface area contributed by atoms with Crippen molar-refractivity contribution >= 4 is 60.5 Å². The lowest BCUT2D eigenvalue weighted by Crippen LogP contribution is -2.10. The van der Waals surface area contributed by atoms with Crippen molar-refractivity contribution in [3.8, 4) is 33.4 Å². The summed E-state index contributed by atoms with van der Waals surface area (Å²) in [5.41, 5.74) is 9.23. The van der Waals surface area contributed by atoms with Crippen LogP contribution >= 0.6 is 0 Å². The fourth-order valence-corrected chi connectivity index (χ4v) is 7.35. The largest absolute Gasteiger partial charge is 0.456 e. The third kappa shape index (κ3) is 5.12. The molecule has 244 valence electrons. The van der Waals surface area contributed by atoms with Gasteiger partial charge < -0.3 is 9.32 Å². The van der Waals surface area contributed by atoms with Gasteiger partial charge in [-0.25, -0.2) is 0 Å². The number of nitrogens with zero attached hydrogens (tertiary/aromatic N) is 1. The summed E-state index contributed by atoms with van der Waals surface area (Å²) < 4.78 is 66.3. The van der Waals surface area contributed by atoms with E-state index in [4.69, 9.17) is 14.0 Å². The molecule has 0 saturated heterocycles. The zero-order valence-electron chi connectivity index (χ0n) is 34.9. The summed E-state index contributed by atoms with van der Waals surface area (Å²) in [6.45, 7) is 0. The van der Waals surface area contributed by atoms with Crippen LogP contribution in [-0.4, -0.2) is 0 Å². The number of furan rings is 1. The van der Waals surface area contributed by atoms with Gasteiger partial charge in [0.25, 0.3) is 0 Å². The summed E-state index contributed by atoms with van der Waals surface area (Å²) in [5.74, 6) is 0. The summed E-state index contributed by atoms with van der Waals surface area (Å²) in [4.78, 5) is 2.16. The number of hydrogen-bond donors (Lipinski definition) is 0. The highest BCUT2D eigenvalue weighted by Crippen LogP contribution is 2.41. The molecule has 2 heteroatoms. The van der Waals surface area contributed by atoms with Crippen LogP contribution in [0, 0.1) is 0 Å². The van der Waals surface area contributed by atoms with E-state index in [-0.39, 0.29) is 28.4 Å². The number of para-hydroxylation sites is 1. The van der Waals surface area contributed by atoms with Crippen LogP contribution in [0.3, 0.4) is 0 Å². The van der Waals surface area contributed by atoms with Crippen LogP contribution in [-0.2, 0) is 0 Å². The number of benzene rings is 9. The van der Waals surface area contributed by atoms with Crippen molar-refractivity contribution in [1.82, 2.24) is 0 Å². The van der Waals surface area contributed by atoms with Crippen LogP contribution < -0.4 is 4.90 Å². The Morgan fingerprint density at radius 1 is 0.385 bits per heavy atom. The lowest BCUT2D eigenvalue weighted by molar-refractivity contribution is 0.669. The van der Waals surface area contributed by atoms with Crippen molar-refractivity contribution in [3.05, 3.63) is 200 Å². The van der Waals surface area contributed by atoms with Gasteiger partial charge in [-0.05, 0) is 103 Å². The molecule has 0 unspecified atom stereocenters. The van der Waals surface area contributed by atoms with E-state index < -0.39 is 30.2 Å². The topological polar surface area (TPSA) is 16.4 Å². The zero-order valence-corrected chi connectivity index (χ0v) is 27.9. The Balaban J connectivity index is 1.13. The molecule has 0 aliphatic heterocycles. The minimum Gasteiger partial charge on any atom is -0.456 e. The highest BCUT2D eigenvalue weighted by Gasteiger charge is 2.17. The maximum atomic E-state index is 8.92. The van der Waals surface area contributed by atoms with Crippen molar-refractivity contribution < 1.29 is 14.0 Å². The van der Waals surface area contributed by atoms with E-state index in [9.17, 15) is 0 Å². The summed E-state index contributed by atoms with van der Waals surface area (Å²) >= 11 is 0. The molecule has 1 aromatic heterocycles. The second kappa shape index (κ2) is 12.5. The molecule has 10 rings (SSSR count). The molecule has 0 bridgehead atoms. The van der Waals surface area contributed by atoms with E-state index in [2.05, 4.69) is 102 Å². The van der Waals surface area contributed by atoms with Crippen LogP contribution in [0.15, 0.2) is 204 Å². The van der Waals surface area contributed by atoms with Gasteiger partial charge in [-0.1, -0.05) is 151 Å². The Kier molecular flexibility index (Phi) is 5.63. The molecule has 0 amide bonds. The molecule has 0 atom stereocenters. The SMILES string of the molecule is [2H]c1c([2H])c([2H])c2c(-c3ccc(N(c4ccc(-c5cccc6oc7ccccc7c56)cc4)c4cccc(-c5cccc6ccccc56)c4)cc3)c([2H])c([2H])c([2H])c2c1[2H]. The molecule has 1 heterocycles. The van der Waals surface area contributed by atoms with Crippen LogP contribution in [0.4, 0.5) is 17.1 Å². The smallest absolute Gasteiger partial charge is 0.136 e. The third-order valence-electron chi connectivity index (χ3n) is 9.77. The number of rotatable bonds is 6. The average Bonchev–Trinajstić information content (AvgIpc) is 3.66. The lowest BCUT2D eigenvalue weighted by atomic mass is 9.97. The molecular formula is C50H33NO. The lowest BCUT2D eigenvalue weighted by Gasteiger charge is -2.26. The van der Waals surface area contributed by atoms with E-state index in [1.165, 1.54) is 0 Å². The maximum Gasteiger partial charge on any atom is 0.136 e. The van der Waals surface area contributed by atoms with E-state index in [0.29, 0.717) is 5.56 Å². The number of anilines is 3. The monoisotopic (exact) mass is 670 g/mol. The quantitative estimate of drug-likeness (QED) is 0.175. The fraction of sp³-hybridized carbons (Fsp3) is 0. The zero-order chi connectivity index (χ0) is 40.5. The van der Waals surface area contributed by atoms with Crippen LogP contribution in [0.1, 0.15) is 9.60 Å². The van der Waals surface area contributed by atoms with Gasteiger partial charge in [0.15, 0.2) is 0 Å². The Hall–Kier alpha value is -6.90. The van der Waals surface area contributed by atoms with Crippen molar-refractivity contribution in [2.75, 3.05) is 4.90 Å². The highest BCUT2D eigenvalue weighted by molar-refractivity contribution is 6.12. The van der Waals surface area contributed by atoms with Gasteiger partial charge in [-0.15, -0.1) is 0 Å². The Bertz CT molecular complexity index is 3290. The van der Waals surface area contributed by atoms with E-state index in [1.54, 1.807) is 0 Å². The fourth-order valence-electron chi connectivity index (χ4n) is 7.35. The van der Waals surface area contributed by atoms with Crippen molar-refractivity contribution in [1.29, 1.82) is 0 Å². The van der Waals surface area contributed by atoms with Gasteiger partial charge >= 0.3 is 0 Å². The molecule has 0 spiro atoms. The molecule has 52 heavy (non-hydrogen) atoms. The summed E-state index contributed by atoms with van der Waals surface area (Å²) in [5, 5.41) is 4.42. The molecular weight excluding hydrogens is 631 g/mol. The first-order valence-corrected chi connectivity index (χ1v) is 17.2. The Morgan fingerprint density at radius 3 is 1.87 bits per heavy atom. The minimum atomic E-state index is -0.475. The standard InChI is InChI=1S/C50H33NO/c1-3-17-42-34(11-1)13-8-20-44(42)36-25-29-39(30-26-36)51(41-16-7-15-38(33-41)45-21-9-14-35-12-2-4-18-43(35)45)40-31-27-37(28-32-40)46-22-10-24-49-50(46)47-19-5-6-23-48(47)52-49/h1-33H/i1D,3D,8D,11D,13D,17D,20D. The molecule has 0 N–H and O–H groups in total. The van der Waals surface area contributed by atoms with E-state index in [1.807, 2.05) is 60.7 Å². The van der Waals surface area contributed by atoms with Gasteiger partial charge in [0.2, 0.25) is 0 Å². The third-order valence-corrected chi connectivity index (χ3v) is 9.77.